The molecule has 0 saturated carbocycles. The highest BCUT2D eigenvalue weighted by molar-refractivity contribution is 5.80. The van der Waals surface area contributed by atoms with Crippen LogP contribution in [0.1, 0.15) is 6.92 Å². The van der Waals surface area contributed by atoms with Gasteiger partial charge in [0, 0.05) is 17.5 Å². The molecule has 0 amide bonds. The van der Waals surface area contributed by atoms with Crippen LogP contribution >= 0.6 is 0 Å². The van der Waals surface area contributed by atoms with Crippen molar-refractivity contribution < 1.29 is 58.7 Å². The Morgan fingerprint density at radius 2 is 1.51 bits per heavy atom. The summed E-state index contributed by atoms with van der Waals surface area (Å²) in [6.45, 7) is 1.04. The molecule has 194 valence electrons. The lowest BCUT2D eigenvalue weighted by atomic mass is 9.98. The zero-order valence-electron chi connectivity index (χ0n) is 18.8. The Labute approximate surface area is 198 Å². The molecule has 2 aromatic rings. The van der Waals surface area contributed by atoms with Gasteiger partial charge in [-0.15, -0.1) is 0 Å². The molecule has 0 aliphatic carbocycles. The van der Waals surface area contributed by atoms with Crippen LogP contribution in [0.4, 0.5) is 0 Å². The fourth-order valence-electron chi connectivity index (χ4n) is 3.94. The van der Waals surface area contributed by atoms with Gasteiger partial charge < -0.3 is 58.7 Å². The first-order chi connectivity index (χ1) is 16.6. The third-order valence-electron chi connectivity index (χ3n) is 6.05. The number of rotatable bonds is 6. The Kier molecular flexibility index (Phi) is 7.61. The van der Waals surface area contributed by atoms with E-state index in [0.717, 1.165) is 0 Å². The highest BCUT2D eigenvalue weighted by Gasteiger charge is 2.47. The van der Waals surface area contributed by atoms with Crippen LogP contribution in [-0.2, 0) is 14.2 Å². The van der Waals surface area contributed by atoms with E-state index < -0.39 is 73.6 Å². The van der Waals surface area contributed by atoms with Crippen molar-refractivity contribution in [2.75, 3.05) is 13.7 Å². The Bertz CT molecular complexity index is 1070. The SMILES string of the molecule is COc1cc2ccc(=O)oc2cc1O[C@H]1O[C@H](CO[C@@H]2O[C@H](C)[C@@H](O)[C@@H](O)[C@@H]2O)[C@@H](O)[C@@H](O)[C@@H]1O. The molecule has 1 aromatic heterocycles. The van der Waals surface area contributed by atoms with Crippen molar-refractivity contribution in [1.82, 2.24) is 0 Å². The van der Waals surface area contributed by atoms with Gasteiger partial charge in [-0.3, -0.25) is 0 Å². The molecule has 2 saturated heterocycles. The van der Waals surface area contributed by atoms with Crippen LogP contribution in [-0.4, -0.2) is 106 Å². The zero-order valence-corrected chi connectivity index (χ0v) is 18.8. The average Bonchev–Trinajstić information content (AvgIpc) is 2.84. The molecule has 0 unspecified atom stereocenters. The highest BCUT2D eigenvalue weighted by atomic mass is 16.7. The Hall–Kier alpha value is -2.33. The van der Waals surface area contributed by atoms with Gasteiger partial charge in [-0.1, -0.05) is 0 Å². The molecule has 2 aliphatic heterocycles. The Morgan fingerprint density at radius 1 is 0.829 bits per heavy atom. The highest BCUT2D eigenvalue weighted by Crippen LogP contribution is 2.35. The van der Waals surface area contributed by atoms with Gasteiger partial charge in [-0.2, -0.15) is 0 Å². The normalized spacial score (nSPS) is 37.8. The number of ether oxygens (including phenoxy) is 5. The standard InChI is InChI=1S/C22H28O13/c1-8-15(24)17(26)19(28)21(32-8)31-7-13-16(25)18(27)20(29)22(35-13)34-12-6-10-9(5-11(12)30-2)3-4-14(23)33-10/h3-6,8,13,15-22,24-29H,7H2,1-2H3/t8-,13-,15-,16-,17-,18-,19+,20+,21-,22+/m1/s1. The predicted octanol–water partition coefficient (Wildman–Crippen LogP) is -2.17. The summed E-state index contributed by atoms with van der Waals surface area (Å²) in [5, 5.41) is 61.5. The van der Waals surface area contributed by atoms with Crippen molar-refractivity contribution in [2.45, 2.75) is 68.3 Å². The summed E-state index contributed by atoms with van der Waals surface area (Å²) in [6, 6.07) is 5.67. The van der Waals surface area contributed by atoms with E-state index in [1.54, 1.807) is 0 Å². The molecule has 3 heterocycles. The van der Waals surface area contributed by atoms with Crippen molar-refractivity contribution >= 4 is 11.0 Å². The van der Waals surface area contributed by atoms with Crippen LogP contribution in [0.3, 0.4) is 0 Å². The summed E-state index contributed by atoms with van der Waals surface area (Å²) in [5.74, 6) is 0.245. The molecule has 10 atom stereocenters. The molecule has 2 fully saturated rings. The van der Waals surface area contributed by atoms with Crippen LogP contribution in [0.2, 0.25) is 0 Å². The van der Waals surface area contributed by atoms with Gasteiger partial charge in [0.2, 0.25) is 6.29 Å². The van der Waals surface area contributed by atoms with Crippen LogP contribution < -0.4 is 15.1 Å². The second kappa shape index (κ2) is 10.3. The lowest BCUT2D eigenvalue weighted by molar-refractivity contribution is -0.318. The lowest BCUT2D eigenvalue weighted by Gasteiger charge is -2.42. The van der Waals surface area contributed by atoms with Crippen LogP contribution in [0, 0.1) is 0 Å². The minimum absolute atomic E-state index is 0.0265. The molecule has 2 aliphatic rings. The summed E-state index contributed by atoms with van der Waals surface area (Å²) >= 11 is 0. The van der Waals surface area contributed by atoms with Crippen LogP contribution in [0.25, 0.3) is 11.0 Å². The minimum Gasteiger partial charge on any atom is -0.493 e. The van der Waals surface area contributed by atoms with Crippen molar-refractivity contribution in [1.29, 1.82) is 0 Å². The fraction of sp³-hybridized carbons (Fsp3) is 0.591. The molecule has 0 radical (unpaired) electrons. The maximum Gasteiger partial charge on any atom is 0.336 e. The van der Waals surface area contributed by atoms with Gasteiger partial charge in [-0.05, 0) is 19.1 Å². The third-order valence-corrected chi connectivity index (χ3v) is 6.05. The first-order valence-electron chi connectivity index (χ1n) is 10.9. The van der Waals surface area contributed by atoms with Gasteiger partial charge in [0.1, 0.15) is 48.3 Å². The van der Waals surface area contributed by atoms with E-state index in [0.29, 0.717) is 5.39 Å². The number of hydrogen-bond donors (Lipinski definition) is 6. The number of fused-ring (bicyclic) bond motifs is 1. The molecular weight excluding hydrogens is 472 g/mol. The monoisotopic (exact) mass is 500 g/mol. The van der Waals surface area contributed by atoms with Gasteiger partial charge in [0.25, 0.3) is 0 Å². The first-order valence-corrected chi connectivity index (χ1v) is 10.9. The quantitative estimate of drug-likeness (QED) is 0.235. The fourth-order valence-corrected chi connectivity index (χ4v) is 3.94. The van der Waals surface area contributed by atoms with Crippen LogP contribution in [0.15, 0.2) is 33.5 Å². The summed E-state index contributed by atoms with van der Waals surface area (Å²) in [5.41, 5.74) is -0.408. The second-order valence-electron chi connectivity index (χ2n) is 8.44. The number of hydrogen-bond acceptors (Lipinski definition) is 13. The number of aliphatic hydroxyl groups is 6. The maximum absolute atomic E-state index is 11.6. The van der Waals surface area contributed by atoms with Crippen molar-refractivity contribution in [2.24, 2.45) is 0 Å². The Morgan fingerprint density at radius 3 is 2.23 bits per heavy atom. The molecule has 4 rings (SSSR count). The Balaban J connectivity index is 1.50. The maximum atomic E-state index is 11.6. The minimum atomic E-state index is -1.70. The molecule has 6 N–H and O–H groups in total. The number of aliphatic hydroxyl groups excluding tert-OH is 6. The van der Waals surface area contributed by atoms with Crippen LogP contribution in [0.5, 0.6) is 11.5 Å². The third kappa shape index (κ3) is 5.14. The predicted molar refractivity (Wildman–Crippen MR) is 115 cm³/mol. The smallest absolute Gasteiger partial charge is 0.336 e. The average molecular weight is 500 g/mol. The molecule has 13 heteroatoms. The van der Waals surface area contributed by atoms with E-state index in [1.807, 2.05) is 0 Å². The van der Waals surface area contributed by atoms with Crippen molar-refractivity contribution in [3.05, 3.63) is 34.7 Å². The summed E-state index contributed by atoms with van der Waals surface area (Å²) < 4.78 is 32.5. The van der Waals surface area contributed by atoms with E-state index >= 15 is 0 Å². The molecular formula is C22H28O13. The topological polar surface area (TPSA) is 198 Å². The van der Waals surface area contributed by atoms with Gasteiger partial charge in [-0.25, -0.2) is 4.79 Å². The van der Waals surface area contributed by atoms with Gasteiger partial charge >= 0.3 is 5.63 Å². The molecule has 0 bridgehead atoms. The second-order valence-corrected chi connectivity index (χ2v) is 8.44. The van der Waals surface area contributed by atoms with E-state index in [9.17, 15) is 35.4 Å². The molecule has 1 aromatic carbocycles. The summed E-state index contributed by atoms with van der Waals surface area (Å²) in [4.78, 5) is 11.6. The number of methoxy groups -OCH3 is 1. The van der Waals surface area contributed by atoms with Crippen molar-refractivity contribution in [3.8, 4) is 11.5 Å². The van der Waals surface area contributed by atoms with Gasteiger partial charge in [0.15, 0.2) is 17.8 Å². The van der Waals surface area contributed by atoms with E-state index in [1.165, 1.54) is 38.3 Å². The first kappa shape index (κ1) is 25.8. The number of benzene rings is 1. The molecule has 0 spiro atoms. The largest absolute Gasteiger partial charge is 0.493 e. The summed E-state index contributed by atoms with van der Waals surface area (Å²) in [6.07, 6.45) is -14.4. The van der Waals surface area contributed by atoms with Crippen molar-refractivity contribution in [3.63, 3.8) is 0 Å². The molecule has 13 nitrogen and oxygen atoms in total. The summed E-state index contributed by atoms with van der Waals surface area (Å²) in [7, 11) is 1.38. The van der Waals surface area contributed by atoms with E-state index in [2.05, 4.69) is 0 Å². The molecule has 35 heavy (non-hydrogen) atoms. The van der Waals surface area contributed by atoms with Gasteiger partial charge in [0.05, 0.1) is 19.8 Å². The van der Waals surface area contributed by atoms with E-state index in [-0.39, 0.29) is 17.1 Å². The van der Waals surface area contributed by atoms with E-state index in [4.69, 9.17) is 28.1 Å². The lowest BCUT2D eigenvalue weighted by Crippen LogP contribution is -2.61. The zero-order chi connectivity index (χ0) is 25.4.